The molecular weight excluding hydrogens is 348 g/mol. The molecule has 0 radical (unpaired) electrons. The molecule has 1 aliphatic rings. The van der Waals surface area contributed by atoms with E-state index < -0.39 is 5.92 Å². The third-order valence-electron chi connectivity index (χ3n) is 3.53. The quantitative estimate of drug-likeness (QED) is 0.609. The van der Waals surface area contributed by atoms with Crippen LogP contribution in [0.15, 0.2) is 21.9 Å². The van der Waals surface area contributed by atoms with Gasteiger partial charge < -0.3 is 4.74 Å². The number of rotatable bonds is 4. The normalized spacial score (nSPS) is 21.4. The van der Waals surface area contributed by atoms with Crippen molar-refractivity contribution in [1.29, 1.82) is 0 Å². The molecule has 0 saturated heterocycles. The molecule has 2 heterocycles. The van der Waals surface area contributed by atoms with Crippen LogP contribution in [-0.4, -0.2) is 37.5 Å². The first-order chi connectivity index (χ1) is 11.7. The molecule has 0 aromatic carbocycles. The maximum atomic E-state index is 12.7. The van der Waals surface area contributed by atoms with E-state index in [0.29, 0.717) is 42.0 Å². The van der Waals surface area contributed by atoms with Gasteiger partial charge in [0.05, 0.1) is 23.9 Å². The number of ether oxygens (including phenoxy) is 1. The van der Waals surface area contributed by atoms with Crippen molar-refractivity contribution in [3.05, 3.63) is 33.3 Å². The zero-order valence-electron chi connectivity index (χ0n) is 12.8. The Hall–Kier alpha value is -2.26. The number of carbonyl (C=O) groups excluding carboxylic acids is 2. The summed E-state index contributed by atoms with van der Waals surface area (Å²) in [5.41, 5.74) is 2.29. The number of nitrogens with zero attached hydrogens (tertiary/aromatic N) is 4. The van der Waals surface area contributed by atoms with Crippen molar-refractivity contribution in [1.82, 2.24) is 19.2 Å². The van der Waals surface area contributed by atoms with E-state index in [1.165, 1.54) is 23.1 Å². The van der Waals surface area contributed by atoms with Gasteiger partial charge in [0.1, 0.15) is 0 Å². The Labute approximate surface area is 146 Å². The Morgan fingerprint density at radius 2 is 1.71 bits per heavy atom. The second kappa shape index (κ2) is 7.54. The summed E-state index contributed by atoms with van der Waals surface area (Å²) >= 11 is 2.42. The summed E-state index contributed by atoms with van der Waals surface area (Å²) in [6, 6.07) is 0. The van der Waals surface area contributed by atoms with Gasteiger partial charge in [0.15, 0.2) is 5.78 Å². The summed E-state index contributed by atoms with van der Waals surface area (Å²) in [4.78, 5) is 24.9. The minimum absolute atomic E-state index is 0.100. The van der Waals surface area contributed by atoms with Gasteiger partial charge in [0, 0.05) is 21.9 Å². The second-order valence-electron chi connectivity index (χ2n) is 5.19. The maximum Gasteiger partial charge on any atom is 0.309 e. The summed E-state index contributed by atoms with van der Waals surface area (Å²) in [5, 5.41) is 11.4. The molecule has 0 amide bonds. The Kier molecular flexibility index (Phi) is 5.21. The highest BCUT2D eigenvalue weighted by atomic mass is 32.1. The molecule has 9 heteroatoms. The van der Waals surface area contributed by atoms with Gasteiger partial charge in [-0.2, -0.15) is 0 Å². The topological polar surface area (TPSA) is 94.9 Å². The zero-order chi connectivity index (χ0) is 16.9. The van der Waals surface area contributed by atoms with E-state index in [-0.39, 0.29) is 11.8 Å². The SMILES string of the molecule is CCOC(=O)C1C/C(=C/c2csnn2)C(=O)/C(=C/c2csnn2)C1. The molecule has 1 atom stereocenters. The standard InChI is InChI=1S/C15H14N4O3S2/c1-2-22-15(21)11-3-9(5-12-7-23-18-16-12)14(20)10(4-11)6-13-8-24-19-17-13/h5-8,11H,2-4H2,1H3/b9-5-,10-6+. The number of carbonyl (C=O) groups is 2. The Morgan fingerprint density at radius 1 is 1.17 bits per heavy atom. The summed E-state index contributed by atoms with van der Waals surface area (Å²) in [6.45, 7) is 2.08. The Balaban J connectivity index is 1.93. The van der Waals surface area contributed by atoms with Crippen molar-refractivity contribution in [3.8, 4) is 0 Å². The van der Waals surface area contributed by atoms with Gasteiger partial charge >= 0.3 is 5.97 Å². The highest BCUT2D eigenvalue weighted by molar-refractivity contribution is 7.03. The van der Waals surface area contributed by atoms with E-state index in [1.807, 2.05) is 0 Å². The van der Waals surface area contributed by atoms with Crippen LogP contribution in [-0.2, 0) is 14.3 Å². The van der Waals surface area contributed by atoms with E-state index in [4.69, 9.17) is 4.74 Å². The molecule has 24 heavy (non-hydrogen) atoms. The first kappa shape index (κ1) is 16.6. The summed E-state index contributed by atoms with van der Waals surface area (Å²) in [5.74, 6) is -0.788. The average Bonchev–Trinajstić information content (AvgIpc) is 3.25. The van der Waals surface area contributed by atoms with Gasteiger partial charge in [-0.25, -0.2) is 0 Å². The van der Waals surface area contributed by atoms with E-state index in [1.54, 1.807) is 29.8 Å². The number of hydrogen-bond donors (Lipinski definition) is 0. The Bertz CT molecular complexity index is 726. The molecule has 2 aromatic rings. The lowest BCUT2D eigenvalue weighted by molar-refractivity contribution is -0.148. The van der Waals surface area contributed by atoms with Crippen LogP contribution in [0, 0.1) is 5.92 Å². The molecule has 0 spiro atoms. The molecule has 1 aliphatic carbocycles. The van der Waals surface area contributed by atoms with Crippen LogP contribution >= 0.6 is 23.1 Å². The first-order valence-corrected chi connectivity index (χ1v) is 9.01. The lowest BCUT2D eigenvalue weighted by Gasteiger charge is -2.23. The van der Waals surface area contributed by atoms with Crippen molar-refractivity contribution in [3.63, 3.8) is 0 Å². The fourth-order valence-electron chi connectivity index (χ4n) is 2.50. The number of Topliss-reactive ketones (excluding diaryl/α,β-unsaturated/α-hetero) is 1. The average molecular weight is 362 g/mol. The van der Waals surface area contributed by atoms with Gasteiger partial charge in [0.2, 0.25) is 0 Å². The van der Waals surface area contributed by atoms with Crippen molar-refractivity contribution in [2.75, 3.05) is 6.61 Å². The highest BCUT2D eigenvalue weighted by Crippen LogP contribution is 2.33. The molecule has 1 unspecified atom stereocenters. The number of esters is 1. The molecule has 1 fully saturated rings. The summed E-state index contributed by atoms with van der Waals surface area (Å²) in [6.07, 6.45) is 4.04. The smallest absolute Gasteiger partial charge is 0.309 e. The van der Waals surface area contributed by atoms with Crippen LogP contribution in [0.1, 0.15) is 31.2 Å². The molecule has 0 aliphatic heterocycles. The van der Waals surface area contributed by atoms with Gasteiger partial charge in [-0.05, 0) is 55.0 Å². The van der Waals surface area contributed by atoms with E-state index in [2.05, 4.69) is 19.2 Å². The van der Waals surface area contributed by atoms with Crippen LogP contribution in [0.2, 0.25) is 0 Å². The van der Waals surface area contributed by atoms with Crippen LogP contribution in [0.5, 0.6) is 0 Å². The highest BCUT2D eigenvalue weighted by Gasteiger charge is 2.33. The van der Waals surface area contributed by atoms with E-state index in [0.717, 1.165) is 0 Å². The van der Waals surface area contributed by atoms with Crippen molar-refractivity contribution in [2.24, 2.45) is 5.92 Å². The summed E-state index contributed by atoms with van der Waals surface area (Å²) in [7, 11) is 0. The molecule has 0 N–H and O–H groups in total. The van der Waals surface area contributed by atoms with Crippen molar-refractivity contribution >= 4 is 47.0 Å². The van der Waals surface area contributed by atoms with Crippen LogP contribution in [0.4, 0.5) is 0 Å². The Morgan fingerprint density at radius 3 is 2.12 bits per heavy atom. The number of ketones is 1. The molecular formula is C15H14N4O3S2. The lowest BCUT2D eigenvalue weighted by Crippen LogP contribution is -2.27. The van der Waals surface area contributed by atoms with Crippen LogP contribution < -0.4 is 0 Å². The van der Waals surface area contributed by atoms with Crippen molar-refractivity contribution < 1.29 is 14.3 Å². The molecule has 2 aromatic heterocycles. The van der Waals surface area contributed by atoms with Gasteiger partial charge in [-0.1, -0.05) is 8.98 Å². The third-order valence-corrected chi connectivity index (χ3v) is 4.58. The largest absolute Gasteiger partial charge is 0.466 e. The molecule has 124 valence electrons. The molecule has 7 nitrogen and oxygen atoms in total. The third kappa shape index (κ3) is 3.80. The van der Waals surface area contributed by atoms with E-state index in [9.17, 15) is 9.59 Å². The lowest BCUT2D eigenvalue weighted by atomic mass is 9.80. The fourth-order valence-corrected chi connectivity index (χ4v) is 3.32. The minimum Gasteiger partial charge on any atom is -0.466 e. The number of hydrogen-bond acceptors (Lipinski definition) is 9. The van der Waals surface area contributed by atoms with E-state index >= 15 is 0 Å². The monoisotopic (exact) mass is 362 g/mol. The molecule has 0 bridgehead atoms. The zero-order valence-corrected chi connectivity index (χ0v) is 14.5. The fraction of sp³-hybridized carbons (Fsp3) is 0.333. The van der Waals surface area contributed by atoms with Crippen LogP contribution in [0.25, 0.3) is 12.2 Å². The predicted molar refractivity (Wildman–Crippen MR) is 90.1 cm³/mol. The molecule has 3 rings (SSSR count). The number of aromatic nitrogens is 4. The number of allylic oxidation sites excluding steroid dienone is 2. The van der Waals surface area contributed by atoms with Gasteiger partial charge in [-0.3, -0.25) is 9.59 Å². The summed E-state index contributed by atoms with van der Waals surface area (Å²) < 4.78 is 12.7. The second-order valence-corrected chi connectivity index (χ2v) is 6.40. The van der Waals surface area contributed by atoms with Gasteiger partial charge in [0.25, 0.3) is 0 Å². The van der Waals surface area contributed by atoms with Gasteiger partial charge in [-0.15, -0.1) is 10.2 Å². The van der Waals surface area contributed by atoms with Crippen molar-refractivity contribution in [2.45, 2.75) is 19.8 Å². The first-order valence-electron chi connectivity index (χ1n) is 7.34. The molecule has 1 saturated carbocycles. The van der Waals surface area contributed by atoms with Crippen LogP contribution in [0.3, 0.4) is 0 Å². The predicted octanol–water partition coefficient (Wildman–Crippen LogP) is 2.40. The maximum absolute atomic E-state index is 12.7. The minimum atomic E-state index is -0.390.